The number of benzene rings is 1. The molecule has 1 heterocycles. The van der Waals surface area contributed by atoms with Crippen LogP contribution in [0.2, 0.25) is 0 Å². The van der Waals surface area contributed by atoms with Crippen LogP contribution in [-0.2, 0) is 16.0 Å². The van der Waals surface area contributed by atoms with Gasteiger partial charge in [-0.25, -0.2) is 23.4 Å². The van der Waals surface area contributed by atoms with E-state index in [9.17, 15) is 18.4 Å². The first-order valence-corrected chi connectivity index (χ1v) is 7.74. The minimum Gasteiger partial charge on any atom is -0.461 e. The van der Waals surface area contributed by atoms with Crippen molar-refractivity contribution in [3.63, 3.8) is 0 Å². The Morgan fingerprint density at radius 3 is 2.20 bits per heavy atom. The molecule has 1 aromatic heterocycles. The van der Waals surface area contributed by atoms with Gasteiger partial charge in [0.2, 0.25) is 0 Å². The summed E-state index contributed by atoms with van der Waals surface area (Å²) < 4.78 is 39.0. The number of hydrogen-bond donors (Lipinski definition) is 0. The number of aromatic nitrogens is 2. The average molecular weight is 352 g/mol. The summed E-state index contributed by atoms with van der Waals surface area (Å²) in [5.74, 6) is -2.92. The molecule has 0 amide bonds. The van der Waals surface area contributed by atoms with Gasteiger partial charge in [-0.1, -0.05) is 6.07 Å². The molecule has 25 heavy (non-hydrogen) atoms. The van der Waals surface area contributed by atoms with Crippen LogP contribution in [0.4, 0.5) is 8.78 Å². The fourth-order valence-corrected chi connectivity index (χ4v) is 2.35. The highest BCUT2D eigenvalue weighted by Gasteiger charge is 2.29. The van der Waals surface area contributed by atoms with E-state index >= 15 is 0 Å². The van der Waals surface area contributed by atoms with Crippen molar-refractivity contribution in [2.75, 3.05) is 13.2 Å². The van der Waals surface area contributed by atoms with E-state index in [2.05, 4.69) is 4.98 Å². The van der Waals surface area contributed by atoms with Crippen LogP contribution in [0.5, 0.6) is 0 Å². The number of carbonyl (C=O) groups is 2. The summed E-state index contributed by atoms with van der Waals surface area (Å²) in [6.07, 6.45) is 0. The van der Waals surface area contributed by atoms with Gasteiger partial charge in [0.25, 0.3) is 0 Å². The van der Waals surface area contributed by atoms with Crippen molar-refractivity contribution in [3.8, 4) is 0 Å². The first-order valence-electron chi connectivity index (χ1n) is 7.74. The van der Waals surface area contributed by atoms with Crippen molar-refractivity contribution in [2.45, 2.75) is 27.3 Å². The quantitative estimate of drug-likeness (QED) is 0.748. The summed E-state index contributed by atoms with van der Waals surface area (Å²) >= 11 is 0. The fraction of sp³-hybridized carbons (Fsp3) is 0.353. The van der Waals surface area contributed by atoms with Crippen LogP contribution in [0.1, 0.15) is 46.2 Å². The molecule has 2 aromatic rings. The Kier molecular flexibility index (Phi) is 5.84. The molecule has 0 saturated carbocycles. The fourth-order valence-electron chi connectivity index (χ4n) is 2.35. The van der Waals surface area contributed by atoms with E-state index in [0.717, 1.165) is 12.1 Å². The maximum absolute atomic E-state index is 14.0. The molecule has 0 radical (unpaired) electrons. The molecule has 0 aliphatic heterocycles. The lowest BCUT2D eigenvalue weighted by atomic mass is 10.2. The van der Waals surface area contributed by atoms with Crippen LogP contribution in [0.25, 0.3) is 0 Å². The minimum atomic E-state index is -0.817. The number of nitrogens with zero attached hydrogens (tertiary/aromatic N) is 2. The Balaban J connectivity index is 2.56. The summed E-state index contributed by atoms with van der Waals surface area (Å²) in [5, 5.41) is 0. The number of ether oxygens (including phenoxy) is 2. The zero-order valence-electron chi connectivity index (χ0n) is 14.1. The number of esters is 2. The van der Waals surface area contributed by atoms with E-state index in [1.165, 1.54) is 17.6 Å². The smallest absolute Gasteiger partial charge is 0.359 e. The molecular weight excluding hydrogens is 334 g/mol. The van der Waals surface area contributed by atoms with Gasteiger partial charge >= 0.3 is 11.9 Å². The lowest BCUT2D eigenvalue weighted by Gasteiger charge is -2.12. The van der Waals surface area contributed by atoms with Crippen molar-refractivity contribution in [1.82, 2.24) is 9.55 Å². The summed E-state index contributed by atoms with van der Waals surface area (Å²) in [6.45, 7) is 4.58. The molecule has 8 heteroatoms. The molecule has 0 N–H and O–H groups in total. The first-order chi connectivity index (χ1) is 11.9. The van der Waals surface area contributed by atoms with Gasteiger partial charge in [-0.05, 0) is 32.9 Å². The molecule has 0 bridgehead atoms. The molecule has 0 aliphatic carbocycles. The zero-order valence-corrected chi connectivity index (χ0v) is 14.1. The predicted molar refractivity (Wildman–Crippen MR) is 84.3 cm³/mol. The highest BCUT2D eigenvalue weighted by atomic mass is 19.1. The maximum Gasteiger partial charge on any atom is 0.359 e. The SMILES string of the molecule is CCOC(=O)c1nc(C)n(Cc2c(F)cccc2F)c1C(=O)OCC. The van der Waals surface area contributed by atoms with E-state index in [-0.39, 0.29) is 42.5 Å². The standard InChI is InChI=1S/C17H18F2N2O4/c1-4-24-16(22)14-15(17(23)25-5-2)21(10(3)20-14)9-11-12(18)7-6-8-13(11)19/h6-8H,4-5,9H2,1-3H3. The van der Waals surface area contributed by atoms with Gasteiger partial charge in [-0.2, -0.15) is 0 Å². The predicted octanol–water partition coefficient (Wildman–Crippen LogP) is 2.87. The largest absolute Gasteiger partial charge is 0.461 e. The zero-order chi connectivity index (χ0) is 18.6. The van der Waals surface area contributed by atoms with Crippen molar-refractivity contribution in [2.24, 2.45) is 0 Å². The molecule has 0 fully saturated rings. The van der Waals surface area contributed by atoms with Crippen LogP contribution in [0.3, 0.4) is 0 Å². The molecule has 134 valence electrons. The minimum absolute atomic E-state index is 0.0688. The summed E-state index contributed by atoms with van der Waals surface area (Å²) in [4.78, 5) is 28.4. The molecule has 6 nitrogen and oxygen atoms in total. The Morgan fingerprint density at radius 2 is 1.64 bits per heavy atom. The van der Waals surface area contributed by atoms with Crippen LogP contribution in [0.15, 0.2) is 18.2 Å². The number of imidazole rings is 1. The third kappa shape index (κ3) is 3.84. The van der Waals surface area contributed by atoms with Crippen LogP contribution < -0.4 is 0 Å². The van der Waals surface area contributed by atoms with E-state index < -0.39 is 23.6 Å². The molecule has 2 rings (SSSR count). The number of rotatable bonds is 6. The monoisotopic (exact) mass is 352 g/mol. The molecule has 0 spiro atoms. The first kappa shape index (κ1) is 18.6. The molecule has 0 saturated heterocycles. The molecule has 0 aliphatic rings. The maximum atomic E-state index is 14.0. The second-order valence-corrected chi connectivity index (χ2v) is 5.08. The van der Waals surface area contributed by atoms with E-state index in [1.54, 1.807) is 13.8 Å². The van der Waals surface area contributed by atoms with Crippen molar-refractivity contribution >= 4 is 11.9 Å². The topological polar surface area (TPSA) is 70.4 Å². The average Bonchev–Trinajstić information content (AvgIpc) is 2.88. The number of carbonyl (C=O) groups excluding carboxylic acids is 2. The highest BCUT2D eigenvalue weighted by Crippen LogP contribution is 2.20. The van der Waals surface area contributed by atoms with E-state index in [0.29, 0.717) is 0 Å². The summed E-state index contributed by atoms with van der Waals surface area (Å²) in [6, 6.07) is 3.47. The van der Waals surface area contributed by atoms with E-state index in [4.69, 9.17) is 9.47 Å². The Labute approximate surface area is 143 Å². The van der Waals surface area contributed by atoms with Gasteiger partial charge in [-0.15, -0.1) is 0 Å². The third-order valence-corrected chi connectivity index (χ3v) is 3.47. The Hall–Kier alpha value is -2.77. The summed E-state index contributed by atoms with van der Waals surface area (Å²) in [5.41, 5.74) is -0.682. The lowest BCUT2D eigenvalue weighted by molar-refractivity contribution is 0.0467. The van der Waals surface area contributed by atoms with Crippen molar-refractivity contribution < 1.29 is 27.8 Å². The number of aryl methyl sites for hydroxylation is 1. The number of halogens is 2. The lowest BCUT2D eigenvalue weighted by Crippen LogP contribution is -2.19. The van der Waals surface area contributed by atoms with Gasteiger partial charge in [0, 0.05) is 5.56 Å². The van der Waals surface area contributed by atoms with Gasteiger partial charge in [0.1, 0.15) is 17.5 Å². The number of hydrogen-bond acceptors (Lipinski definition) is 5. The van der Waals surface area contributed by atoms with Crippen LogP contribution in [-0.4, -0.2) is 34.7 Å². The molecule has 0 unspecified atom stereocenters. The molecular formula is C17H18F2N2O4. The van der Waals surface area contributed by atoms with E-state index in [1.807, 2.05) is 0 Å². The van der Waals surface area contributed by atoms with Crippen molar-refractivity contribution in [1.29, 1.82) is 0 Å². The Bertz CT molecular complexity index is 782. The summed E-state index contributed by atoms with van der Waals surface area (Å²) in [7, 11) is 0. The second kappa shape index (κ2) is 7.87. The van der Waals surface area contributed by atoms with Gasteiger partial charge in [0.05, 0.1) is 19.8 Å². The normalized spacial score (nSPS) is 10.6. The van der Waals surface area contributed by atoms with Gasteiger partial charge in [0.15, 0.2) is 11.4 Å². The highest BCUT2D eigenvalue weighted by molar-refractivity contribution is 6.00. The molecule has 1 aromatic carbocycles. The van der Waals surface area contributed by atoms with Gasteiger partial charge < -0.3 is 14.0 Å². The third-order valence-electron chi connectivity index (χ3n) is 3.47. The van der Waals surface area contributed by atoms with Gasteiger partial charge in [-0.3, -0.25) is 0 Å². The van der Waals surface area contributed by atoms with Crippen LogP contribution in [0, 0.1) is 18.6 Å². The second-order valence-electron chi connectivity index (χ2n) is 5.08. The van der Waals surface area contributed by atoms with Crippen LogP contribution >= 0.6 is 0 Å². The Morgan fingerprint density at radius 1 is 1.08 bits per heavy atom. The molecule has 0 atom stereocenters. The van der Waals surface area contributed by atoms with Crippen molar-refractivity contribution in [3.05, 3.63) is 52.6 Å².